The second-order valence-electron chi connectivity index (χ2n) is 2.95. The van der Waals surface area contributed by atoms with E-state index in [4.69, 9.17) is 4.74 Å². The molecule has 0 aromatic rings. The first-order valence-corrected chi connectivity index (χ1v) is 4.65. The van der Waals surface area contributed by atoms with Crippen LogP contribution in [0.25, 0.3) is 0 Å². The Balaban J connectivity index is 2.44. The molecule has 0 aromatic heterocycles. The van der Waals surface area contributed by atoms with Crippen molar-refractivity contribution in [3.8, 4) is 0 Å². The molecule has 1 nitrogen and oxygen atoms in total. The Bertz CT molecular complexity index is 123. The van der Waals surface area contributed by atoms with Crippen molar-refractivity contribution in [1.82, 2.24) is 0 Å². The fourth-order valence-electron chi connectivity index (χ4n) is 1.32. The molecule has 0 fully saturated rings. The van der Waals surface area contributed by atoms with E-state index in [9.17, 15) is 0 Å². The van der Waals surface area contributed by atoms with Gasteiger partial charge < -0.3 is 4.74 Å². The lowest BCUT2D eigenvalue weighted by molar-refractivity contribution is 0.105. The first-order chi connectivity index (χ1) is 4.83. The van der Waals surface area contributed by atoms with Crippen molar-refractivity contribution in [2.24, 2.45) is 5.41 Å². The van der Waals surface area contributed by atoms with Crippen LogP contribution in [0.15, 0.2) is 12.2 Å². The Labute approximate surface area is 70.6 Å². The van der Waals surface area contributed by atoms with Crippen LogP contribution in [0, 0.1) is 5.41 Å². The van der Waals surface area contributed by atoms with Crippen molar-refractivity contribution in [2.45, 2.75) is 12.8 Å². The molecule has 0 heterocycles. The van der Waals surface area contributed by atoms with E-state index in [1.165, 1.54) is 0 Å². The minimum Gasteiger partial charge on any atom is -0.384 e. The predicted molar refractivity (Wildman–Crippen MR) is 46.5 cm³/mol. The van der Waals surface area contributed by atoms with Crippen LogP contribution in [0.5, 0.6) is 0 Å². The number of hydrogen-bond acceptors (Lipinski definition) is 1. The second-order valence-corrected chi connectivity index (χ2v) is 3.51. The molecule has 0 spiro atoms. The van der Waals surface area contributed by atoms with Gasteiger partial charge in [-0.3, -0.25) is 0 Å². The van der Waals surface area contributed by atoms with Crippen LogP contribution in [-0.4, -0.2) is 19.0 Å². The van der Waals surface area contributed by atoms with Crippen LogP contribution in [0.3, 0.4) is 0 Å². The molecule has 0 aromatic carbocycles. The molecule has 0 N–H and O–H groups in total. The Morgan fingerprint density at radius 2 is 2.10 bits per heavy atom. The molecule has 0 amide bonds. The average molecular weight is 205 g/mol. The summed E-state index contributed by atoms with van der Waals surface area (Å²) in [4.78, 5) is 0. The van der Waals surface area contributed by atoms with Gasteiger partial charge in [0, 0.05) is 17.9 Å². The first kappa shape index (κ1) is 8.28. The van der Waals surface area contributed by atoms with Gasteiger partial charge in [0.05, 0.1) is 6.61 Å². The van der Waals surface area contributed by atoms with Crippen molar-refractivity contribution in [3.63, 3.8) is 0 Å². The molecule has 1 aliphatic carbocycles. The highest BCUT2D eigenvalue weighted by atomic mass is 79.9. The molecule has 1 aliphatic rings. The molecule has 0 aliphatic heterocycles. The fourth-order valence-corrected chi connectivity index (χ4v) is 1.94. The lowest BCUT2D eigenvalue weighted by Crippen LogP contribution is -2.24. The van der Waals surface area contributed by atoms with E-state index in [0.717, 1.165) is 24.8 Å². The number of rotatable bonds is 3. The zero-order valence-corrected chi connectivity index (χ0v) is 7.86. The van der Waals surface area contributed by atoms with E-state index in [1.54, 1.807) is 7.11 Å². The van der Waals surface area contributed by atoms with Crippen molar-refractivity contribution in [2.75, 3.05) is 19.0 Å². The van der Waals surface area contributed by atoms with Gasteiger partial charge in [-0.1, -0.05) is 28.1 Å². The summed E-state index contributed by atoms with van der Waals surface area (Å²) < 4.78 is 5.15. The van der Waals surface area contributed by atoms with E-state index in [0.29, 0.717) is 5.41 Å². The first-order valence-electron chi connectivity index (χ1n) is 3.53. The normalized spacial score (nSPS) is 21.8. The summed E-state index contributed by atoms with van der Waals surface area (Å²) in [5.74, 6) is 0. The molecular weight excluding hydrogens is 192 g/mol. The lowest BCUT2D eigenvalue weighted by atomic mass is 9.89. The van der Waals surface area contributed by atoms with Gasteiger partial charge in [-0.25, -0.2) is 0 Å². The average Bonchev–Trinajstić information content (AvgIpc) is 2.39. The molecule has 2 heteroatoms. The maximum Gasteiger partial charge on any atom is 0.0532 e. The van der Waals surface area contributed by atoms with Crippen molar-refractivity contribution in [3.05, 3.63) is 12.2 Å². The number of methoxy groups -OCH3 is 1. The highest BCUT2D eigenvalue weighted by molar-refractivity contribution is 9.09. The highest BCUT2D eigenvalue weighted by Gasteiger charge is 2.29. The summed E-state index contributed by atoms with van der Waals surface area (Å²) in [6, 6.07) is 0. The fraction of sp³-hybridized carbons (Fsp3) is 0.750. The van der Waals surface area contributed by atoms with Gasteiger partial charge in [-0.05, 0) is 12.8 Å². The number of hydrogen-bond donors (Lipinski definition) is 0. The molecule has 0 radical (unpaired) electrons. The summed E-state index contributed by atoms with van der Waals surface area (Å²) in [5.41, 5.74) is 0.370. The molecule has 0 saturated heterocycles. The minimum atomic E-state index is 0.370. The summed E-state index contributed by atoms with van der Waals surface area (Å²) in [6.07, 6.45) is 6.79. The standard InChI is InChI=1S/C8H13BrO/c1-10-7-8(6-9)4-2-3-5-8/h2-3H,4-7H2,1H3. The van der Waals surface area contributed by atoms with Gasteiger partial charge >= 0.3 is 0 Å². The Hall–Kier alpha value is 0.180. The van der Waals surface area contributed by atoms with Crippen LogP contribution in [-0.2, 0) is 4.74 Å². The lowest BCUT2D eigenvalue weighted by Gasteiger charge is -2.24. The van der Waals surface area contributed by atoms with Crippen molar-refractivity contribution >= 4 is 15.9 Å². The summed E-state index contributed by atoms with van der Waals surface area (Å²) >= 11 is 3.51. The van der Waals surface area contributed by atoms with Gasteiger partial charge in [0.1, 0.15) is 0 Å². The Morgan fingerprint density at radius 1 is 1.50 bits per heavy atom. The van der Waals surface area contributed by atoms with Crippen LogP contribution in [0.1, 0.15) is 12.8 Å². The second kappa shape index (κ2) is 3.54. The number of allylic oxidation sites excluding steroid dienone is 2. The van der Waals surface area contributed by atoms with E-state index < -0.39 is 0 Å². The van der Waals surface area contributed by atoms with Crippen molar-refractivity contribution in [1.29, 1.82) is 0 Å². The zero-order chi connectivity index (χ0) is 7.45. The molecule has 0 bridgehead atoms. The predicted octanol–water partition coefficient (Wildman–Crippen LogP) is 2.36. The van der Waals surface area contributed by atoms with Gasteiger partial charge in [0.25, 0.3) is 0 Å². The van der Waals surface area contributed by atoms with E-state index in [1.807, 2.05) is 0 Å². The number of ether oxygens (including phenoxy) is 1. The monoisotopic (exact) mass is 204 g/mol. The molecule has 0 saturated carbocycles. The molecule has 1 rings (SSSR count). The molecule has 0 atom stereocenters. The third-order valence-electron chi connectivity index (χ3n) is 2.00. The smallest absolute Gasteiger partial charge is 0.0532 e. The number of halogens is 1. The van der Waals surface area contributed by atoms with Crippen LogP contribution in [0.4, 0.5) is 0 Å². The highest BCUT2D eigenvalue weighted by Crippen LogP contribution is 2.34. The van der Waals surface area contributed by atoms with E-state index >= 15 is 0 Å². The van der Waals surface area contributed by atoms with E-state index in [2.05, 4.69) is 28.1 Å². The van der Waals surface area contributed by atoms with Gasteiger partial charge in [-0.2, -0.15) is 0 Å². The van der Waals surface area contributed by atoms with Gasteiger partial charge in [0.15, 0.2) is 0 Å². The third kappa shape index (κ3) is 1.61. The van der Waals surface area contributed by atoms with E-state index in [-0.39, 0.29) is 0 Å². The zero-order valence-electron chi connectivity index (χ0n) is 6.27. The SMILES string of the molecule is COCC1(CBr)CC=CC1. The molecule has 10 heavy (non-hydrogen) atoms. The molecule has 0 unspecified atom stereocenters. The molecular formula is C8H13BrO. The topological polar surface area (TPSA) is 9.23 Å². The largest absolute Gasteiger partial charge is 0.384 e. The van der Waals surface area contributed by atoms with Crippen LogP contribution in [0.2, 0.25) is 0 Å². The summed E-state index contributed by atoms with van der Waals surface area (Å²) in [7, 11) is 1.77. The van der Waals surface area contributed by atoms with Crippen molar-refractivity contribution < 1.29 is 4.74 Å². The molecule has 58 valence electrons. The quantitative estimate of drug-likeness (QED) is 0.507. The summed E-state index contributed by atoms with van der Waals surface area (Å²) in [6.45, 7) is 0.866. The summed E-state index contributed by atoms with van der Waals surface area (Å²) in [5, 5.41) is 1.04. The maximum atomic E-state index is 5.15. The van der Waals surface area contributed by atoms with Gasteiger partial charge in [-0.15, -0.1) is 0 Å². The number of alkyl halides is 1. The maximum absolute atomic E-state index is 5.15. The van der Waals surface area contributed by atoms with Crippen LogP contribution < -0.4 is 0 Å². The van der Waals surface area contributed by atoms with Crippen LogP contribution >= 0.6 is 15.9 Å². The minimum absolute atomic E-state index is 0.370. The Morgan fingerprint density at radius 3 is 2.50 bits per heavy atom. The third-order valence-corrected chi connectivity index (χ3v) is 3.19. The van der Waals surface area contributed by atoms with Gasteiger partial charge in [0.2, 0.25) is 0 Å². The Kier molecular flexibility index (Phi) is 2.93.